The van der Waals surface area contributed by atoms with Crippen LogP contribution in [-0.2, 0) is 11.3 Å². The monoisotopic (exact) mass is 475 g/mol. The van der Waals surface area contributed by atoms with Crippen molar-refractivity contribution >= 4 is 34.3 Å². The third kappa shape index (κ3) is 4.38. The van der Waals surface area contributed by atoms with Gasteiger partial charge in [0.15, 0.2) is 17.0 Å². The average molecular weight is 476 g/mol. The van der Waals surface area contributed by atoms with Crippen LogP contribution in [0.15, 0.2) is 53.5 Å². The second-order valence-electron chi connectivity index (χ2n) is 8.85. The Morgan fingerprint density at radius 2 is 1.82 bits per heavy atom. The smallest absolute Gasteiger partial charge is 0.229 e. The molecule has 34 heavy (non-hydrogen) atoms. The molecule has 4 aromatic rings. The van der Waals surface area contributed by atoms with E-state index in [4.69, 9.17) is 14.7 Å². The van der Waals surface area contributed by atoms with Crippen LogP contribution in [0.2, 0.25) is 0 Å². The largest absolute Gasteiger partial charge is 0.379 e. The molecule has 6 rings (SSSR count). The molecule has 0 aliphatic carbocycles. The standard InChI is InChI=1S/C25H29N7OS/c1-2-4-19(5-3-1)16-26-23-22-24(32(18-27-22)21-8-15-34-17-21)29-25(28-23)31-9-6-20(7-10-31)30-11-13-33-14-12-30/h1-5,8,15,17-18,20H,6-7,9-14,16H2,(H,26,28,29). The summed E-state index contributed by atoms with van der Waals surface area (Å²) in [5, 5.41) is 7.73. The topological polar surface area (TPSA) is 71.3 Å². The van der Waals surface area contributed by atoms with E-state index in [0.717, 1.165) is 80.9 Å². The zero-order valence-corrected chi connectivity index (χ0v) is 20.0. The predicted octanol–water partition coefficient (Wildman–Crippen LogP) is 3.79. The summed E-state index contributed by atoms with van der Waals surface area (Å²) >= 11 is 1.67. The molecule has 2 aliphatic heterocycles. The fourth-order valence-corrected chi connectivity index (χ4v) is 5.52. The molecule has 3 aromatic heterocycles. The summed E-state index contributed by atoms with van der Waals surface area (Å²) in [6.45, 7) is 6.39. The lowest BCUT2D eigenvalue weighted by atomic mass is 10.0. The number of fused-ring (bicyclic) bond motifs is 1. The van der Waals surface area contributed by atoms with Crippen LogP contribution < -0.4 is 10.2 Å². The van der Waals surface area contributed by atoms with E-state index < -0.39 is 0 Å². The lowest BCUT2D eigenvalue weighted by Crippen LogP contribution is -2.49. The second kappa shape index (κ2) is 9.69. The van der Waals surface area contributed by atoms with Gasteiger partial charge in [0.05, 0.1) is 18.9 Å². The minimum Gasteiger partial charge on any atom is -0.379 e. The summed E-state index contributed by atoms with van der Waals surface area (Å²) in [5.41, 5.74) is 3.93. The first kappa shape index (κ1) is 21.5. The highest BCUT2D eigenvalue weighted by Gasteiger charge is 2.28. The molecule has 2 saturated heterocycles. The molecule has 2 aliphatic rings. The normalized spacial score (nSPS) is 17.9. The number of hydrogen-bond donors (Lipinski definition) is 1. The van der Waals surface area contributed by atoms with Crippen molar-refractivity contribution < 1.29 is 4.74 Å². The summed E-state index contributed by atoms with van der Waals surface area (Å²) in [6.07, 6.45) is 4.10. The fraction of sp³-hybridized carbons (Fsp3) is 0.400. The molecule has 176 valence electrons. The van der Waals surface area contributed by atoms with E-state index in [9.17, 15) is 0 Å². The highest BCUT2D eigenvalue weighted by molar-refractivity contribution is 7.08. The molecule has 0 amide bonds. The van der Waals surface area contributed by atoms with Gasteiger partial charge in [-0.3, -0.25) is 9.47 Å². The molecular formula is C25H29N7OS. The van der Waals surface area contributed by atoms with Gasteiger partial charge in [-0.2, -0.15) is 21.3 Å². The van der Waals surface area contributed by atoms with Gasteiger partial charge in [-0.25, -0.2) is 4.98 Å². The Hall–Kier alpha value is -3.01. The van der Waals surface area contributed by atoms with Gasteiger partial charge in [-0.15, -0.1) is 0 Å². The molecule has 0 saturated carbocycles. The van der Waals surface area contributed by atoms with Crippen molar-refractivity contribution in [2.75, 3.05) is 49.6 Å². The Bertz CT molecular complexity index is 1210. The third-order valence-corrected chi connectivity index (χ3v) is 7.45. The van der Waals surface area contributed by atoms with E-state index in [1.54, 1.807) is 11.3 Å². The van der Waals surface area contributed by atoms with Gasteiger partial charge in [0.25, 0.3) is 0 Å². The number of aromatic nitrogens is 4. The van der Waals surface area contributed by atoms with Crippen molar-refractivity contribution in [2.24, 2.45) is 0 Å². The van der Waals surface area contributed by atoms with Gasteiger partial charge in [0.1, 0.15) is 6.33 Å². The van der Waals surface area contributed by atoms with E-state index >= 15 is 0 Å². The number of thiophene rings is 1. The Balaban J connectivity index is 1.28. The van der Waals surface area contributed by atoms with Crippen molar-refractivity contribution in [2.45, 2.75) is 25.4 Å². The SMILES string of the molecule is c1ccc(CNc2nc(N3CCC(N4CCOCC4)CC3)nc3c2ncn3-c2ccsc2)cc1. The van der Waals surface area contributed by atoms with Gasteiger partial charge in [0.2, 0.25) is 5.95 Å². The number of nitrogens with zero attached hydrogens (tertiary/aromatic N) is 6. The van der Waals surface area contributed by atoms with Crippen molar-refractivity contribution in [1.29, 1.82) is 0 Å². The third-order valence-electron chi connectivity index (χ3n) is 6.78. The molecule has 2 fully saturated rings. The second-order valence-corrected chi connectivity index (χ2v) is 9.63. The predicted molar refractivity (Wildman–Crippen MR) is 136 cm³/mol. The fourth-order valence-electron chi connectivity index (χ4n) is 4.89. The van der Waals surface area contributed by atoms with Crippen molar-refractivity contribution in [3.8, 4) is 5.69 Å². The average Bonchev–Trinajstić information content (AvgIpc) is 3.58. The molecule has 0 spiro atoms. The van der Waals surface area contributed by atoms with E-state index in [-0.39, 0.29) is 0 Å². The summed E-state index contributed by atoms with van der Waals surface area (Å²) in [5.74, 6) is 1.56. The number of morpholine rings is 1. The van der Waals surface area contributed by atoms with E-state index in [0.29, 0.717) is 12.6 Å². The van der Waals surface area contributed by atoms with Gasteiger partial charge in [-0.1, -0.05) is 30.3 Å². The van der Waals surface area contributed by atoms with Crippen LogP contribution in [0.5, 0.6) is 0 Å². The lowest BCUT2D eigenvalue weighted by Gasteiger charge is -2.40. The Morgan fingerprint density at radius 3 is 2.59 bits per heavy atom. The number of anilines is 2. The molecule has 1 aromatic carbocycles. The molecule has 0 unspecified atom stereocenters. The van der Waals surface area contributed by atoms with Gasteiger partial charge in [0, 0.05) is 44.1 Å². The number of nitrogens with one attached hydrogen (secondary N) is 1. The highest BCUT2D eigenvalue weighted by atomic mass is 32.1. The molecule has 0 bridgehead atoms. The van der Waals surface area contributed by atoms with Crippen LogP contribution in [0, 0.1) is 0 Å². The number of ether oxygens (including phenoxy) is 1. The summed E-state index contributed by atoms with van der Waals surface area (Å²) in [7, 11) is 0. The van der Waals surface area contributed by atoms with Crippen LogP contribution in [0.3, 0.4) is 0 Å². The Morgan fingerprint density at radius 1 is 1.00 bits per heavy atom. The maximum absolute atomic E-state index is 5.54. The number of rotatable bonds is 6. The molecule has 1 N–H and O–H groups in total. The maximum Gasteiger partial charge on any atom is 0.229 e. The first-order chi connectivity index (χ1) is 16.8. The summed E-state index contributed by atoms with van der Waals surface area (Å²) in [6, 6.07) is 13.1. The first-order valence-electron chi connectivity index (χ1n) is 12.0. The number of imidazole rings is 1. The minimum absolute atomic E-state index is 0.621. The number of benzene rings is 1. The first-order valence-corrected chi connectivity index (χ1v) is 12.9. The molecular weight excluding hydrogens is 446 g/mol. The van der Waals surface area contributed by atoms with Gasteiger partial charge < -0.3 is 15.0 Å². The zero-order chi connectivity index (χ0) is 22.7. The highest BCUT2D eigenvalue weighted by Crippen LogP contribution is 2.28. The van der Waals surface area contributed by atoms with Gasteiger partial charge in [-0.05, 0) is 29.9 Å². The van der Waals surface area contributed by atoms with Crippen LogP contribution in [0.4, 0.5) is 11.8 Å². The molecule has 5 heterocycles. The zero-order valence-electron chi connectivity index (χ0n) is 19.1. The number of hydrogen-bond acceptors (Lipinski definition) is 8. The Labute approximate surface area is 203 Å². The van der Waals surface area contributed by atoms with Crippen LogP contribution in [0.1, 0.15) is 18.4 Å². The molecule has 8 nitrogen and oxygen atoms in total. The summed E-state index contributed by atoms with van der Waals surface area (Å²) in [4.78, 5) is 19.6. The van der Waals surface area contributed by atoms with E-state index in [1.165, 1.54) is 5.56 Å². The number of piperidine rings is 1. The molecule has 0 atom stereocenters. The van der Waals surface area contributed by atoms with Crippen LogP contribution in [-0.4, -0.2) is 69.9 Å². The van der Waals surface area contributed by atoms with E-state index in [2.05, 4.69) is 65.8 Å². The van der Waals surface area contributed by atoms with Crippen LogP contribution in [0.25, 0.3) is 16.9 Å². The Kier molecular flexibility index (Phi) is 6.14. The summed E-state index contributed by atoms with van der Waals surface area (Å²) < 4.78 is 7.60. The van der Waals surface area contributed by atoms with Crippen molar-refractivity contribution in [3.63, 3.8) is 0 Å². The maximum atomic E-state index is 5.54. The van der Waals surface area contributed by atoms with Crippen molar-refractivity contribution in [1.82, 2.24) is 24.4 Å². The van der Waals surface area contributed by atoms with E-state index in [1.807, 2.05) is 12.4 Å². The molecule has 0 radical (unpaired) electrons. The van der Waals surface area contributed by atoms with Crippen LogP contribution >= 0.6 is 11.3 Å². The minimum atomic E-state index is 0.621. The van der Waals surface area contributed by atoms with Crippen molar-refractivity contribution in [3.05, 3.63) is 59.0 Å². The van der Waals surface area contributed by atoms with Gasteiger partial charge >= 0.3 is 0 Å². The lowest BCUT2D eigenvalue weighted by molar-refractivity contribution is 0.0114. The quantitative estimate of drug-likeness (QED) is 0.455. The molecule has 9 heteroatoms.